The van der Waals surface area contributed by atoms with Gasteiger partial charge in [0.15, 0.2) is 11.6 Å². The van der Waals surface area contributed by atoms with Crippen LogP contribution in [0, 0.1) is 21.7 Å². The van der Waals surface area contributed by atoms with Gasteiger partial charge in [0, 0.05) is 12.5 Å². The first-order valence-electron chi connectivity index (χ1n) is 4.99. The summed E-state index contributed by atoms with van der Waals surface area (Å²) in [4.78, 5) is 20.1. The van der Waals surface area contributed by atoms with E-state index in [0.717, 1.165) is 0 Å². The normalized spacial score (nSPS) is 11.9. The molecule has 1 atom stereocenters. The van der Waals surface area contributed by atoms with Gasteiger partial charge in [0.2, 0.25) is 5.91 Å². The first kappa shape index (κ1) is 13.8. The third-order valence-corrected chi connectivity index (χ3v) is 2.14. The molecule has 0 aliphatic heterocycles. The standard InChI is InChI=1S/C10H11F2N3O3/c1-5(2-9(13)16)14-10-7(11)3-6(15(17)18)4-8(10)12/h3-5,14H,2H2,1H3,(H2,13,16). The van der Waals surface area contributed by atoms with Crippen molar-refractivity contribution >= 4 is 17.3 Å². The minimum Gasteiger partial charge on any atom is -0.377 e. The number of hydrogen-bond acceptors (Lipinski definition) is 4. The van der Waals surface area contributed by atoms with Crippen LogP contribution >= 0.6 is 0 Å². The second-order valence-corrected chi connectivity index (χ2v) is 3.76. The third kappa shape index (κ3) is 3.37. The van der Waals surface area contributed by atoms with Crippen molar-refractivity contribution in [2.75, 3.05) is 5.32 Å². The first-order valence-corrected chi connectivity index (χ1v) is 4.99. The lowest BCUT2D eigenvalue weighted by Crippen LogP contribution is -2.25. The first-order chi connectivity index (χ1) is 8.31. The van der Waals surface area contributed by atoms with Crippen molar-refractivity contribution in [1.82, 2.24) is 0 Å². The van der Waals surface area contributed by atoms with E-state index in [-0.39, 0.29) is 6.42 Å². The Hall–Kier alpha value is -2.25. The molecule has 8 heteroatoms. The number of nitrogens with zero attached hydrogens (tertiary/aromatic N) is 1. The van der Waals surface area contributed by atoms with Crippen LogP contribution in [0.25, 0.3) is 0 Å². The lowest BCUT2D eigenvalue weighted by molar-refractivity contribution is -0.385. The highest BCUT2D eigenvalue weighted by molar-refractivity contribution is 5.75. The van der Waals surface area contributed by atoms with E-state index < -0.39 is 39.9 Å². The van der Waals surface area contributed by atoms with E-state index in [1.54, 1.807) is 0 Å². The van der Waals surface area contributed by atoms with Crippen LogP contribution in [-0.4, -0.2) is 16.9 Å². The van der Waals surface area contributed by atoms with Crippen LogP contribution in [0.2, 0.25) is 0 Å². The van der Waals surface area contributed by atoms with Crippen LogP contribution in [0.1, 0.15) is 13.3 Å². The van der Waals surface area contributed by atoms with Crippen molar-refractivity contribution in [2.45, 2.75) is 19.4 Å². The number of nitro groups is 1. The summed E-state index contributed by atoms with van der Waals surface area (Å²) in [6, 6.07) is 0.609. The molecule has 18 heavy (non-hydrogen) atoms. The molecule has 3 N–H and O–H groups in total. The maximum atomic E-state index is 13.4. The third-order valence-electron chi connectivity index (χ3n) is 2.14. The van der Waals surface area contributed by atoms with Crippen molar-refractivity contribution in [3.8, 4) is 0 Å². The van der Waals surface area contributed by atoms with Crippen molar-refractivity contribution in [3.63, 3.8) is 0 Å². The van der Waals surface area contributed by atoms with Gasteiger partial charge in [-0.3, -0.25) is 14.9 Å². The van der Waals surface area contributed by atoms with Crippen molar-refractivity contribution < 1.29 is 18.5 Å². The molecule has 0 spiro atoms. The monoisotopic (exact) mass is 259 g/mol. The van der Waals surface area contributed by atoms with E-state index in [2.05, 4.69) is 5.32 Å². The highest BCUT2D eigenvalue weighted by Gasteiger charge is 2.18. The van der Waals surface area contributed by atoms with E-state index in [4.69, 9.17) is 5.73 Å². The number of halogens is 2. The van der Waals surface area contributed by atoms with Crippen LogP contribution < -0.4 is 11.1 Å². The molecule has 0 radical (unpaired) electrons. The number of anilines is 1. The van der Waals surface area contributed by atoms with Gasteiger partial charge in [0.05, 0.1) is 17.1 Å². The highest BCUT2D eigenvalue weighted by Crippen LogP contribution is 2.25. The molecule has 0 saturated heterocycles. The Kier molecular flexibility index (Phi) is 4.13. The Bertz CT molecular complexity index is 470. The molecule has 0 saturated carbocycles. The molecule has 0 aliphatic rings. The number of primary amides is 1. The summed E-state index contributed by atoms with van der Waals surface area (Å²) in [6.45, 7) is 1.51. The Morgan fingerprint density at radius 1 is 1.50 bits per heavy atom. The Balaban J connectivity index is 2.96. The molecular formula is C10H11F2N3O3. The van der Waals surface area contributed by atoms with Crippen molar-refractivity contribution in [1.29, 1.82) is 0 Å². The number of nitrogens with one attached hydrogen (secondary N) is 1. The van der Waals surface area contributed by atoms with Crippen molar-refractivity contribution in [2.24, 2.45) is 5.73 Å². The second kappa shape index (κ2) is 5.39. The van der Waals surface area contributed by atoms with Crippen LogP contribution in [0.3, 0.4) is 0 Å². The predicted molar refractivity (Wildman–Crippen MR) is 59.9 cm³/mol. The molecular weight excluding hydrogens is 248 g/mol. The van der Waals surface area contributed by atoms with Gasteiger partial charge in [-0.25, -0.2) is 8.78 Å². The van der Waals surface area contributed by atoms with Gasteiger partial charge in [0.1, 0.15) is 5.69 Å². The molecule has 0 aromatic heterocycles. The number of carbonyl (C=O) groups excluding carboxylic acids is 1. The molecule has 0 heterocycles. The SMILES string of the molecule is CC(CC(N)=O)Nc1c(F)cc([N+](=O)[O-])cc1F. The van der Waals surface area contributed by atoms with E-state index in [1.807, 2.05) is 0 Å². The molecule has 1 unspecified atom stereocenters. The predicted octanol–water partition coefficient (Wildman–Crippen LogP) is 1.55. The molecule has 1 aromatic rings. The molecule has 0 fully saturated rings. The van der Waals surface area contributed by atoms with Crippen LogP contribution in [0.5, 0.6) is 0 Å². The summed E-state index contributed by atoms with van der Waals surface area (Å²) in [6.07, 6.45) is -0.115. The van der Waals surface area contributed by atoms with Gasteiger partial charge in [-0.05, 0) is 6.92 Å². The fourth-order valence-electron chi connectivity index (χ4n) is 1.40. The molecule has 1 amide bonds. The van der Waals surface area contributed by atoms with E-state index in [9.17, 15) is 23.7 Å². The summed E-state index contributed by atoms with van der Waals surface area (Å²) >= 11 is 0. The van der Waals surface area contributed by atoms with E-state index >= 15 is 0 Å². The van der Waals surface area contributed by atoms with Crippen LogP contribution in [-0.2, 0) is 4.79 Å². The van der Waals surface area contributed by atoms with Gasteiger partial charge in [-0.1, -0.05) is 0 Å². The molecule has 0 bridgehead atoms. The number of carbonyl (C=O) groups is 1. The van der Waals surface area contributed by atoms with Gasteiger partial charge in [-0.15, -0.1) is 0 Å². The number of benzene rings is 1. The summed E-state index contributed by atoms with van der Waals surface area (Å²) in [5.41, 5.74) is 3.73. The summed E-state index contributed by atoms with van der Waals surface area (Å²) < 4.78 is 26.9. The van der Waals surface area contributed by atoms with Crippen molar-refractivity contribution in [3.05, 3.63) is 33.9 Å². The number of nitro benzene ring substituents is 1. The van der Waals surface area contributed by atoms with Gasteiger partial charge in [-0.2, -0.15) is 0 Å². The Morgan fingerprint density at radius 2 is 2.00 bits per heavy atom. The zero-order chi connectivity index (χ0) is 13.9. The minimum atomic E-state index is -1.10. The van der Waals surface area contributed by atoms with Gasteiger partial charge in [0.25, 0.3) is 5.69 Å². The molecule has 0 aliphatic carbocycles. The maximum absolute atomic E-state index is 13.4. The number of nitrogens with two attached hydrogens (primary N) is 1. The minimum absolute atomic E-state index is 0.115. The molecule has 1 aromatic carbocycles. The number of non-ortho nitro benzene ring substituents is 1. The van der Waals surface area contributed by atoms with Crippen LogP contribution in [0.15, 0.2) is 12.1 Å². The zero-order valence-corrected chi connectivity index (χ0v) is 9.44. The Morgan fingerprint density at radius 3 is 2.39 bits per heavy atom. The molecule has 6 nitrogen and oxygen atoms in total. The number of amides is 1. The van der Waals surface area contributed by atoms with E-state index in [0.29, 0.717) is 12.1 Å². The van der Waals surface area contributed by atoms with Gasteiger partial charge >= 0.3 is 0 Å². The summed E-state index contributed by atoms with van der Waals surface area (Å²) in [5.74, 6) is -2.83. The largest absolute Gasteiger partial charge is 0.377 e. The lowest BCUT2D eigenvalue weighted by Gasteiger charge is -2.14. The van der Waals surface area contributed by atoms with Crippen LogP contribution in [0.4, 0.5) is 20.2 Å². The fraction of sp³-hybridized carbons (Fsp3) is 0.300. The maximum Gasteiger partial charge on any atom is 0.275 e. The summed E-state index contributed by atoms with van der Waals surface area (Å²) in [5, 5.41) is 12.8. The second-order valence-electron chi connectivity index (χ2n) is 3.76. The highest BCUT2D eigenvalue weighted by atomic mass is 19.1. The zero-order valence-electron chi connectivity index (χ0n) is 9.44. The summed E-state index contributed by atoms with van der Waals surface area (Å²) in [7, 11) is 0. The fourth-order valence-corrected chi connectivity index (χ4v) is 1.40. The number of hydrogen-bond donors (Lipinski definition) is 2. The Labute approximate surface area is 101 Å². The molecule has 1 rings (SSSR count). The lowest BCUT2D eigenvalue weighted by atomic mass is 10.2. The average molecular weight is 259 g/mol. The quantitative estimate of drug-likeness (QED) is 0.619. The number of rotatable bonds is 5. The molecule has 98 valence electrons. The smallest absolute Gasteiger partial charge is 0.275 e. The van der Waals surface area contributed by atoms with E-state index in [1.165, 1.54) is 6.92 Å². The average Bonchev–Trinajstić information content (AvgIpc) is 2.21. The van der Waals surface area contributed by atoms with Gasteiger partial charge < -0.3 is 11.1 Å². The topological polar surface area (TPSA) is 98.3 Å².